The van der Waals surface area contributed by atoms with Gasteiger partial charge >= 0.3 is 0 Å². The maximum absolute atomic E-state index is 12.1. The van der Waals surface area contributed by atoms with Crippen molar-refractivity contribution in [2.75, 3.05) is 0 Å². The average molecular weight is 401 g/mol. The van der Waals surface area contributed by atoms with Gasteiger partial charge in [-0.25, -0.2) is 0 Å². The van der Waals surface area contributed by atoms with Crippen LogP contribution in [0.1, 0.15) is 118 Å². The lowest BCUT2D eigenvalue weighted by Gasteiger charge is -2.60. The van der Waals surface area contributed by atoms with E-state index in [0.717, 1.165) is 48.3 Å². The summed E-state index contributed by atoms with van der Waals surface area (Å²) in [6, 6.07) is 0. The smallest absolute Gasteiger partial charge is 0.133 e. The highest BCUT2D eigenvalue weighted by atomic mass is 16.1. The van der Waals surface area contributed by atoms with Gasteiger partial charge in [0.1, 0.15) is 5.78 Å². The fourth-order valence-corrected chi connectivity index (χ4v) is 9.21. The third-order valence-corrected chi connectivity index (χ3v) is 11.3. The number of hydrogen-bond donors (Lipinski definition) is 0. The van der Waals surface area contributed by atoms with E-state index in [-0.39, 0.29) is 0 Å². The molecular weight excluding hydrogens is 352 g/mol. The van der Waals surface area contributed by atoms with Crippen LogP contribution in [0.25, 0.3) is 0 Å². The lowest BCUT2D eigenvalue weighted by atomic mass is 9.44. The van der Waals surface area contributed by atoms with Gasteiger partial charge in [0.15, 0.2) is 0 Å². The van der Waals surface area contributed by atoms with E-state index in [2.05, 4.69) is 34.6 Å². The maximum Gasteiger partial charge on any atom is 0.133 e. The molecule has 0 amide bonds. The summed E-state index contributed by atoms with van der Waals surface area (Å²) >= 11 is 0. The molecule has 2 unspecified atom stereocenters. The van der Waals surface area contributed by atoms with Gasteiger partial charge < -0.3 is 0 Å². The predicted molar refractivity (Wildman–Crippen MR) is 123 cm³/mol. The molecule has 4 saturated carbocycles. The van der Waals surface area contributed by atoms with Gasteiger partial charge in [0.25, 0.3) is 0 Å². The van der Waals surface area contributed by atoms with Crippen molar-refractivity contribution in [3.05, 3.63) is 0 Å². The highest BCUT2D eigenvalue weighted by Crippen LogP contribution is 2.68. The van der Waals surface area contributed by atoms with Crippen molar-refractivity contribution in [1.82, 2.24) is 0 Å². The van der Waals surface area contributed by atoms with Gasteiger partial charge in [0.05, 0.1) is 0 Å². The number of Topliss-reactive ketones (excluding diaryl/α,β-unsaturated/α-hetero) is 1. The van der Waals surface area contributed by atoms with E-state index in [0.29, 0.717) is 22.5 Å². The molecule has 0 aromatic carbocycles. The monoisotopic (exact) mass is 400 g/mol. The standard InChI is InChI=1S/C28H48O/c1-6-19(2)8-7-9-20(3)24-12-13-25-23-11-10-21-18-22(29)14-16-27(21,4)26(23)15-17-28(24,25)5/h19-21,23-26H,6-18H2,1-5H3/t19?,20-,21?,23+,24-,25+,26+,27+,28-/m1/s1. The molecule has 0 heterocycles. The number of rotatable bonds is 6. The van der Waals surface area contributed by atoms with Crippen LogP contribution in [0, 0.1) is 52.3 Å². The number of carbonyl (C=O) groups excluding carboxylic acids is 1. The van der Waals surface area contributed by atoms with Crippen LogP contribution in [0.2, 0.25) is 0 Å². The Morgan fingerprint density at radius 3 is 2.45 bits per heavy atom. The van der Waals surface area contributed by atoms with E-state index in [9.17, 15) is 4.79 Å². The van der Waals surface area contributed by atoms with Crippen LogP contribution in [0.4, 0.5) is 0 Å². The summed E-state index contributed by atoms with van der Waals surface area (Å²) in [5.74, 6) is 6.87. The fourth-order valence-electron chi connectivity index (χ4n) is 9.21. The van der Waals surface area contributed by atoms with Crippen LogP contribution in [-0.4, -0.2) is 5.78 Å². The van der Waals surface area contributed by atoms with Gasteiger partial charge in [-0.15, -0.1) is 0 Å². The first-order valence-electron chi connectivity index (χ1n) is 13.3. The van der Waals surface area contributed by atoms with Crippen molar-refractivity contribution >= 4 is 5.78 Å². The third kappa shape index (κ3) is 3.76. The van der Waals surface area contributed by atoms with Crippen LogP contribution < -0.4 is 0 Å². The number of fused-ring (bicyclic) bond motifs is 5. The van der Waals surface area contributed by atoms with Gasteiger partial charge in [-0.05, 0) is 97.2 Å². The first-order chi connectivity index (χ1) is 13.8. The molecule has 9 atom stereocenters. The zero-order valence-electron chi connectivity index (χ0n) is 20.1. The van der Waals surface area contributed by atoms with Crippen LogP contribution in [-0.2, 0) is 4.79 Å². The number of hydrogen-bond acceptors (Lipinski definition) is 1. The number of carbonyl (C=O) groups is 1. The Labute approximate surface area is 181 Å². The average Bonchev–Trinajstić information content (AvgIpc) is 3.05. The van der Waals surface area contributed by atoms with E-state index in [1.54, 1.807) is 0 Å². The Hall–Kier alpha value is -0.330. The summed E-state index contributed by atoms with van der Waals surface area (Å²) in [7, 11) is 0. The first kappa shape index (κ1) is 21.9. The summed E-state index contributed by atoms with van der Waals surface area (Å²) in [5.41, 5.74) is 1.07. The van der Waals surface area contributed by atoms with Gasteiger partial charge in [0.2, 0.25) is 0 Å². The van der Waals surface area contributed by atoms with Crippen LogP contribution in [0.15, 0.2) is 0 Å². The van der Waals surface area contributed by atoms with Crippen LogP contribution in [0.3, 0.4) is 0 Å². The Morgan fingerprint density at radius 1 is 0.931 bits per heavy atom. The molecule has 0 aromatic heterocycles. The third-order valence-electron chi connectivity index (χ3n) is 11.3. The van der Waals surface area contributed by atoms with E-state index in [1.807, 2.05) is 0 Å². The molecule has 0 aliphatic heterocycles. The van der Waals surface area contributed by atoms with E-state index >= 15 is 0 Å². The van der Waals surface area contributed by atoms with Crippen LogP contribution >= 0.6 is 0 Å². The van der Waals surface area contributed by atoms with Crippen molar-refractivity contribution in [2.24, 2.45) is 52.3 Å². The lowest BCUT2D eigenvalue weighted by Crippen LogP contribution is -2.53. The summed E-state index contributed by atoms with van der Waals surface area (Å²) in [6.07, 6.45) is 17.3. The highest BCUT2D eigenvalue weighted by Gasteiger charge is 2.60. The SMILES string of the molecule is CCC(C)CCC[C@@H](C)[C@H]1CC[C@H]2[C@@H]3CCC4CC(=O)CC[C@]4(C)[C@H]3CC[C@]12C. The zero-order valence-corrected chi connectivity index (χ0v) is 20.1. The van der Waals surface area contributed by atoms with Crippen LogP contribution in [0.5, 0.6) is 0 Å². The molecule has 1 heteroatoms. The van der Waals surface area contributed by atoms with Crippen molar-refractivity contribution in [3.63, 3.8) is 0 Å². The molecule has 4 fully saturated rings. The Bertz CT molecular complexity index is 595. The predicted octanol–water partition coefficient (Wildman–Crippen LogP) is 8.07. The Morgan fingerprint density at radius 2 is 1.69 bits per heavy atom. The summed E-state index contributed by atoms with van der Waals surface area (Å²) in [4.78, 5) is 12.1. The largest absolute Gasteiger partial charge is 0.300 e. The Kier molecular flexibility index (Phi) is 6.27. The van der Waals surface area contributed by atoms with Gasteiger partial charge in [-0.1, -0.05) is 60.3 Å². The Balaban J connectivity index is 1.44. The van der Waals surface area contributed by atoms with E-state index < -0.39 is 0 Å². The minimum atomic E-state index is 0.470. The normalized spacial score (nSPS) is 46.5. The second kappa shape index (κ2) is 8.31. The van der Waals surface area contributed by atoms with E-state index in [4.69, 9.17) is 0 Å². The topological polar surface area (TPSA) is 17.1 Å². The molecular formula is C28H48O. The second-order valence-electron chi connectivity index (χ2n) is 12.5. The summed E-state index contributed by atoms with van der Waals surface area (Å²) < 4.78 is 0. The summed E-state index contributed by atoms with van der Waals surface area (Å²) in [6.45, 7) is 12.6. The second-order valence-corrected chi connectivity index (χ2v) is 12.5. The zero-order chi connectivity index (χ0) is 20.8. The molecule has 4 aliphatic carbocycles. The maximum atomic E-state index is 12.1. The quantitative estimate of drug-likeness (QED) is 0.440. The fraction of sp³-hybridized carbons (Fsp3) is 0.964. The number of ketones is 1. The molecule has 0 bridgehead atoms. The molecule has 4 aliphatic rings. The van der Waals surface area contributed by atoms with Gasteiger partial charge in [0, 0.05) is 12.8 Å². The molecule has 29 heavy (non-hydrogen) atoms. The first-order valence-corrected chi connectivity index (χ1v) is 13.3. The van der Waals surface area contributed by atoms with E-state index in [1.165, 1.54) is 70.6 Å². The lowest BCUT2D eigenvalue weighted by molar-refractivity contribution is -0.140. The molecule has 166 valence electrons. The highest BCUT2D eigenvalue weighted by molar-refractivity contribution is 5.79. The van der Waals surface area contributed by atoms with Gasteiger partial charge in [-0.3, -0.25) is 4.79 Å². The van der Waals surface area contributed by atoms with Crippen molar-refractivity contribution in [2.45, 2.75) is 118 Å². The van der Waals surface area contributed by atoms with Gasteiger partial charge in [-0.2, -0.15) is 0 Å². The molecule has 1 nitrogen and oxygen atoms in total. The minimum absolute atomic E-state index is 0.470. The van der Waals surface area contributed by atoms with Crippen molar-refractivity contribution in [1.29, 1.82) is 0 Å². The minimum Gasteiger partial charge on any atom is -0.300 e. The van der Waals surface area contributed by atoms with Crippen molar-refractivity contribution < 1.29 is 4.79 Å². The molecule has 0 radical (unpaired) electrons. The molecule has 4 rings (SSSR count). The summed E-state index contributed by atoms with van der Waals surface area (Å²) in [5, 5.41) is 0. The van der Waals surface area contributed by atoms with Crippen molar-refractivity contribution in [3.8, 4) is 0 Å². The molecule has 0 spiro atoms. The molecule has 0 aromatic rings. The molecule has 0 N–H and O–H groups in total. The molecule has 0 saturated heterocycles.